The van der Waals surface area contributed by atoms with E-state index in [0.29, 0.717) is 45.1 Å². The Morgan fingerprint density at radius 2 is 2.00 bits per heavy atom. The minimum atomic E-state index is -0.273. The number of nitriles is 1. The van der Waals surface area contributed by atoms with Gasteiger partial charge in [-0.05, 0) is 30.7 Å². The lowest BCUT2D eigenvalue weighted by Crippen LogP contribution is -2.10. The summed E-state index contributed by atoms with van der Waals surface area (Å²) >= 11 is 6.29. The molecule has 4 aromatic rings. The number of nitrogen functional groups attached to an aromatic ring is 2. The van der Waals surface area contributed by atoms with Crippen LogP contribution in [-0.4, -0.2) is 15.0 Å². The third-order valence-electron chi connectivity index (χ3n) is 4.85. The van der Waals surface area contributed by atoms with Crippen LogP contribution in [0.2, 0.25) is 5.02 Å². The molecule has 2 heterocycles. The molecule has 0 radical (unpaired) electrons. The minimum absolute atomic E-state index is 0.181. The van der Waals surface area contributed by atoms with Crippen LogP contribution in [0.25, 0.3) is 33.7 Å². The third kappa shape index (κ3) is 3.12. The zero-order chi connectivity index (χ0) is 21.4. The Bertz CT molecular complexity index is 1410. The number of anilines is 2. The van der Waals surface area contributed by atoms with Gasteiger partial charge in [-0.2, -0.15) is 5.26 Å². The molecule has 0 bridgehead atoms. The second kappa shape index (κ2) is 7.48. The highest BCUT2D eigenvalue weighted by Gasteiger charge is 2.19. The number of hydrogen-bond acceptors (Lipinski definition) is 7. The first-order valence-corrected chi connectivity index (χ1v) is 9.28. The quantitative estimate of drug-likeness (QED) is 0.227. The number of nitrogens with two attached hydrogens (primary N) is 2. The summed E-state index contributed by atoms with van der Waals surface area (Å²) in [5.41, 5.74) is 12.9. The summed E-state index contributed by atoms with van der Waals surface area (Å²) in [7, 11) is 0. The van der Waals surface area contributed by atoms with Crippen LogP contribution in [0.5, 0.6) is 0 Å². The third-order valence-corrected chi connectivity index (χ3v) is 5.16. The highest BCUT2D eigenvalue weighted by Crippen LogP contribution is 2.37. The van der Waals surface area contributed by atoms with E-state index in [2.05, 4.69) is 26.4 Å². The number of hydrogen-bond donors (Lipinski definition) is 4. The number of aromatic nitrogens is 3. The fraction of sp³-hybridized carbons (Fsp3) is 0.0476. The molecule has 0 aliphatic rings. The largest absolute Gasteiger partial charge is 0.396 e. The van der Waals surface area contributed by atoms with Gasteiger partial charge in [0, 0.05) is 23.4 Å². The molecule has 30 heavy (non-hydrogen) atoms. The molecule has 9 heteroatoms. The number of fused-ring (bicyclic) bond motifs is 1. The number of nitrogens with one attached hydrogen (secondary N) is 2. The van der Waals surface area contributed by atoms with E-state index in [9.17, 15) is 10.1 Å². The van der Waals surface area contributed by atoms with Gasteiger partial charge >= 0.3 is 0 Å². The van der Waals surface area contributed by atoms with Gasteiger partial charge in [-0.15, -0.1) is 0 Å². The summed E-state index contributed by atoms with van der Waals surface area (Å²) in [5, 5.41) is 9.71. The Labute approximate surface area is 176 Å². The van der Waals surface area contributed by atoms with Crippen molar-refractivity contribution in [1.29, 1.82) is 5.26 Å². The lowest BCUT2D eigenvalue weighted by Gasteiger charge is -2.15. The number of H-pyrrole nitrogens is 1. The van der Waals surface area contributed by atoms with E-state index in [4.69, 9.17) is 23.2 Å². The van der Waals surface area contributed by atoms with Gasteiger partial charge in [0.05, 0.1) is 39.4 Å². The average molecular weight is 418 g/mol. The van der Waals surface area contributed by atoms with Crippen molar-refractivity contribution in [2.45, 2.75) is 6.92 Å². The summed E-state index contributed by atoms with van der Waals surface area (Å²) in [6.07, 6.45) is 1.51. The molecule has 0 saturated carbocycles. The van der Waals surface area contributed by atoms with Crippen molar-refractivity contribution in [3.8, 4) is 28.6 Å². The molecule has 0 spiro atoms. The fourth-order valence-corrected chi connectivity index (χ4v) is 3.48. The van der Waals surface area contributed by atoms with E-state index in [1.165, 1.54) is 12.3 Å². The van der Waals surface area contributed by atoms with E-state index in [1.807, 2.05) is 13.0 Å². The van der Waals surface area contributed by atoms with Crippen LogP contribution in [0.1, 0.15) is 11.1 Å². The van der Waals surface area contributed by atoms with Crippen molar-refractivity contribution >= 4 is 34.1 Å². The van der Waals surface area contributed by atoms with Gasteiger partial charge in [0.1, 0.15) is 0 Å². The van der Waals surface area contributed by atoms with Crippen LogP contribution in [-0.2, 0) is 0 Å². The zero-order valence-electron chi connectivity index (χ0n) is 15.8. The molecule has 2 aromatic carbocycles. The van der Waals surface area contributed by atoms with E-state index in [-0.39, 0.29) is 16.0 Å². The summed E-state index contributed by atoms with van der Waals surface area (Å²) in [4.78, 5) is 24.6. The molecule has 0 fully saturated rings. The highest BCUT2D eigenvalue weighted by atomic mass is 35.5. The minimum Gasteiger partial charge on any atom is -0.396 e. The second-order valence-corrected chi connectivity index (χ2v) is 7.02. The average Bonchev–Trinajstić information content (AvgIpc) is 2.75. The molecule has 2 aromatic heterocycles. The summed E-state index contributed by atoms with van der Waals surface area (Å²) in [6.45, 7) is 1.83. The van der Waals surface area contributed by atoms with Crippen LogP contribution in [0, 0.1) is 18.3 Å². The number of rotatable bonds is 3. The van der Waals surface area contributed by atoms with E-state index in [0.717, 1.165) is 5.56 Å². The van der Waals surface area contributed by atoms with Crippen LogP contribution < -0.4 is 22.4 Å². The molecule has 0 aliphatic heterocycles. The maximum absolute atomic E-state index is 12.4. The Morgan fingerprint density at radius 3 is 2.73 bits per heavy atom. The van der Waals surface area contributed by atoms with Crippen LogP contribution in [0.3, 0.4) is 0 Å². The van der Waals surface area contributed by atoms with Crippen LogP contribution in [0.4, 0.5) is 11.4 Å². The highest BCUT2D eigenvalue weighted by molar-refractivity contribution is 6.34. The fourth-order valence-electron chi connectivity index (χ4n) is 3.26. The van der Waals surface area contributed by atoms with E-state index >= 15 is 0 Å². The molecule has 0 amide bonds. The predicted molar refractivity (Wildman–Crippen MR) is 118 cm³/mol. The topological polar surface area (TPSA) is 146 Å². The first kappa shape index (κ1) is 19.4. The lowest BCUT2D eigenvalue weighted by atomic mass is 9.96. The predicted octanol–water partition coefficient (Wildman–Crippen LogP) is 3.35. The Kier molecular flexibility index (Phi) is 4.83. The molecule has 0 unspecified atom stereocenters. The van der Waals surface area contributed by atoms with Gasteiger partial charge in [-0.25, -0.2) is 9.97 Å². The molecule has 148 valence electrons. The zero-order valence-corrected chi connectivity index (χ0v) is 16.6. The lowest BCUT2D eigenvalue weighted by molar-refractivity contribution is 1.21. The van der Waals surface area contributed by atoms with Gasteiger partial charge in [0.25, 0.3) is 0 Å². The molecular formula is C21H16ClN7O. The number of halogens is 1. The molecule has 0 saturated heterocycles. The molecule has 0 atom stereocenters. The summed E-state index contributed by atoms with van der Waals surface area (Å²) < 4.78 is 0. The normalized spacial score (nSPS) is 10.7. The molecule has 6 N–H and O–H groups in total. The summed E-state index contributed by atoms with van der Waals surface area (Å²) in [6, 6.07) is 12.2. The standard InChI is InChI=1S/C21H16ClN7O/c1-10-11(9-23)3-2-4-13(10)19-18(12-7-14(22)17(24)15(8-12)29-25)27-20-16(30)5-6-26-21(20)28-19/h2-8,29H,24-25H2,1H3,(H,26,28,30). The molecule has 8 nitrogen and oxygen atoms in total. The maximum atomic E-state index is 12.4. The smallest absolute Gasteiger partial charge is 0.209 e. The van der Waals surface area contributed by atoms with E-state index < -0.39 is 0 Å². The van der Waals surface area contributed by atoms with Crippen molar-refractivity contribution in [2.24, 2.45) is 5.84 Å². The first-order valence-electron chi connectivity index (χ1n) is 8.90. The maximum Gasteiger partial charge on any atom is 0.209 e. The van der Waals surface area contributed by atoms with Crippen molar-refractivity contribution in [2.75, 3.05) is 11.2 Å². The Hall–Kier alpha value is -3.93. The van der Waals surface area contributed by atoms with Gasteiger partial charge in [-0.3, -0.25) is 10.6 Å². The van der Waals surface area contributed by atoms with Crippen LogP contribution >= 0.6 is 11.6 Å². The number of nitrogens with zero attached hydrogens (tertiary/aromatic N) is 3. The number of hydrazine groups is 1. The number of benzene rings is 2. The first-order chi connectivity index (χ1) is 14.4. The SMILES string of the molecule is Cc1c(C#N)cccc1-c1nc2[nH]ccc(=O)c2nc1-c1cc(Cl)c(N)c(NN)c1. The van der Waals surface area contributed by atoms with Gasteiger partial charge in [0.15, 0.2) is 11.2 Å². The van der Waals surface area contributed by atoms with Gasteiger partial charge in [0.2, 0.25) is 5.43 Å². The van der Waals surface area contributed by atoms with Gasteiger partial charge in [-0.1, -0.05) is 23.7 Å². The Morgan fingerprint density at radius 1 is 1.20 bits per heavy atom. The summed E-state index contributed by atoms with van der Waals surface area (Å²) in [5.74, 6) is 5.58. The molecule has 0 aliphatic carbocycles. The molecule has 4 rings (SSSR count). The van der Waals surface area contributed by atoms with Crippen LogP contribution in [0.15, 0.2) is 47.4 Å². The van der Waals surface area contributed by atoms with E-state index in [1.54, 1.807) is 24.3 Å². The number of aromatic amines is 1. The Balaban J connectivity index is 2.13. The van der Waals surface area contributed by atoms with Gasteiger partial charge < -0.3 is 16.1 Å². The molecular weight excluding hydrogens is 402 g/mol. The van der Waals surface area contributed by atoms with Crippen molar-refractivity contribution in [3.63, 3.8) is 0 Å². The monoisotopic (exact) mass is 417 g/mol. The van der Waals surface area contributed by atoms with Crippen molar-refractivity contribution in [1.82, 2.24) is 15.0 Å². The van der Waals surface area contributed by atoms with Crippen molar-refractivity contribution in [3.05, 3.63) is 69.0 Å². The second-order valence-electron chi connectivity index (χ2n) is 6.61. The van der Waals surface area contributed by atoms with Crippen molar-refractivity contribution < 1.29 is 0 Å². The number of pyridine rings is 1.